The van der Waals surface area contributed by atoms with E-state index in [2.05, 4.69) is 83.4 Å². The third-order valence-electron chi connectivity index (χ3n) is 3.84. The minimum absolute atomic E-state index is 0.0289. The molecule has 0 saturated carbocycles. The molecular weight excluding hydrogens is 280 g/mol. The molecule has 0 atom stereocenters. The van der Waals surface area contributed by atoms with E-state index in [0.717, 1.165) is 18.6 Å². The van der Waals surface area contributed by atoms with E-state index in [1.165, 1.54) is 16.7 Å². The summed E-state index contributed by atoms with van der Waals surface area (Å²) in [5.74, 6) is 0. The number of benzene rings is 1. The van der Waals surface area contributed by atoms with E-state index in [-0.39, 0.29) is 11.0 Å². The van der Waals surface area contributed by atoms with Gasteiger partial charge in [-0.2, -0.15) is 5.10 Å². The molecule has 0 saturated heterocycles. The van der Waals surface area contributed by atoms with E-state index < -0.39 is 0 Å². The van der Waals surface area contributed by atoms with Crippen LogP contribution in [0.5, 0.6) is 0 Å². The summed E-state index contributed by atoms with van der Waals surface area (Å²) in [4.78, 5) is 0. The number of hydrogen-bond donors (Lipinski definition) is 1. The van der Waals surface area contributed by atoms with Gasteiger partial charge in [-0.25, -0.2) is 0 Å². The van der Waals surface area contributed by atoms with Crippen LogP contribution in [0.15, 0.2) is 58.7 Å². The summed E-state index contributed by atoms with van der Waals surface area (Å²) in [6, 6.07) is 10.5. The van der Waals surface area contributed by atoms with Crippen molar-refractivity contribution in [3.8, 4) is 0 Å². The van der Waals surface area contributed by atoms with Gasteiger partial charge in [-0.1, -0.05) is 68.8 Å². The van der Waals surface area contributed by atoms with E-state index in [0.29, 0.717) is 0 Å². The number of nitrogens with one attached hydrogen (secondary N) is 1. The normalized spacial score (nSPS) is 16.2. The molecule has 1 aliphatic carbocycles. The Morgan fingerprint density at radius 2 is 1.70 bits per heavy atom. The van der Waals surface area contributed by atoms with E-state index in [4.69, 9.17) is 5.10 Å². The van der Waals surface area contributed by atoms with Gasteiger partial charge in [0.25, 0.3) is 0 Å². The van der Waals surface area contributed by atoms with E-state index in [1.807, 2.05) is 6.07 Å². The van der Waals surface area contributed by atoms with E-state index in [9.17, 15) is 0 Å². The summed E-state index contributed by atoms with van der Waals surface area (Å²) >= 11 is 0. The van der Waals surface area contributed by atoms with Gasteiger partial charge in [0.15, 0.2) is 0 Å². The van der Waals surface area contributed by atoms with Crippen LogP contribution in [0.1, 0.15) is 59.9 Å². The minimum Gasteiger partial charge on any atom is -0.305 e. The molecule has 0 bridgehead atoms. The first-order chi connectivity index (χ1) is 10.6. The number of hydrazone groups is 1. The van der Waals surface area contributed by atoms with Gasteiger partial charge in [0.1, 0.15) is 0 Å². The van der Waals surface area contributed by atoms with Gasteiger partial charge in [0, 0.05) is 12.0 Å². The molecule has 0 aromatic heterocycles. The molecule has 124 valence electrons. The fourth-order valence-corrected chi connectivity index (χ4v) is 2.51. The van der Waals surface area contributed by atoms with Crippen molar-refractivity contribution >= 4 is 5.71 Å². The molecule has 0 unspecified atom stereocenters. The lowest BCUT2D eigenvalue weighted by molar-refractivity contribution is 0.440. The molecule has 1 aromatic rings. The highest BCUT2D eigenvalue weighted by Crippen LogP contribution is 2.34. The average Bonchev–Trinajstić information content (AvgIpc) is 2.92. The largest absolute Gasteiger partial charge is 0.305 e. The van der Waals surface area contributed by atoms with E-state index >= 15 is 0 Å². The van der Waals surface area contributed by atoms with Crippen molar-refractivity contribution in [3.05, 3.63) is 59.2 Å². The van der Waals surface area contributed by atoms with Crippen LogP contribution in [0, 0.1) is 5.41 Å². The van der Waals surface area contributed by atoms with Crippen LogP contribution in [0.3, 0.4) is 0 Å². The predicted molar refractivity (Wildman–Crippen MR) is 101 cm³/mol. The summed E-state index contributed by atoms with van der Waals surface area (Å²) in [6.45, 7) is 13.2. The fourth-order valence-electron chi connectivity index (χ4n) is 2.51. The van der Waals surface area contributed by atoms with Gasteiger partial charge in [-0.15, -0.1) is 0 Å². The lowest BCUT2D eigenvalue weighted by Gasteiger charge is -2.20. The highest BCUT2D eigenvalue weighted by Gasteiger charge is 2.20. The molecule has 1 N–H and O–H groups in total. The number of allylic oxidation sites excluding steroid dienone is 4. The summed E-state index contributed by atoms with van der Waals surface area (Å²) in [5, 5.41) is 4.72. The summed E-state index contributed by atoms with van der Waals surface area (Å²) in [6.07, 6.45) is 6.64. The number of nitrogens with zero attached hydrogens (tertiary/aromatic N) is 1. The average molecular weight is 310 g/mol. The fraction of sp³-hybridized carbons (Fsp3) is 0.476. The van der Waals surface area contributed by atoms with Crippen molar-refractivity contribution in [2.75, 3.05) is 0 Å². The Hall–Kier alpha value is -1.83. The van der Waals surface area contributed by atoms with Gasteiger partial charge in [0.05, 0.1) is 5.71 Å². The molecule has 0 amide bonds. The Bertz CT molecular complexity index is 620. The van der Waals surface area contributed by atoms with Crippen LogP contribution >= 0.6 is 0 Å². The van der Waals surface area contributed by atoms with Crippen molar-refractivity contribution in [2.45, 2.75) is 59.9 Å². The molecule has 0 aliphatic heterocycles. The van der Waals surface area contributed by atoms with Gasteiger partial charge < -0.3 is 5.43 Å². The van der Waals surface area contributed by atoms with Crippen molar-refractivity contribution in [1.29, 1.82) is 0 Å². The first kappa shape index (κ1) is 17.5. The van der Waals surface area contributed by atoms with Crippen molar-refractivity contribution in [2.24, 2.45) is 10.5 Å². The second-order valence-corrected chi connectivity index (χ2v) is 8.38. The molecular formula is C21H30N2. The molecule has 0 fully saturated rings. The standard InChI is InChI=1S/C21H30N2/c1-20(2,3)18-13-12-16(14-18)15-19(22-23-21(4,5)6)17-10-8-7-9-11-17/h7-11,13-14,23H,12,15H2,1-6H3. The molecule has 0 radical (unpaired) electrons. The maximum Gasteiger partial charge on any atom is 0.0715 e. The van der Waals surface area contributed by atoms with Crippen molar-refractivity contribution in [3.63, 3.8) is 0 Å². The number of rotatable bonds is 4. The predicted octanol–water partition coefficient (Wildman–Crippen LogP) is 5.47. The Balaban J connectivity index is 2.20. The zero-order valence-corrected chi connectivity index (χ0v) is 15.4. The quantitative estimate of drug-likeness (QED) is 0.578. The highest BCUT2D eigenvalue weighted by molar-refractivity contribution is 6.02. The molecule has 0 spiro atoms. The lowest BCUT2D eigenvalue weighted by Crippen LogP contribution is -2.32. The van der Waals surface area contributed by atoms with Crippen LogP contribution in [-0.2, 0) is 0 Å². The Morgan fingerprint density at radius 1 is 1.04 bits per heavy atom. The summed E-state index contributed by atoms with van der Waals surface area (Å²) in [5.41, 5.74) is 8.64. The molecule has 2 rings (SSSR count). The zero-order chi connectivity index (χ0) is 17.1. The maximum absolute atomic E-state index is 4.72. The monoisotopic (exact) mass is 310 g/mol. The molecule has 1 aliphatic rings. The van der Waals surface area contributed by atoms with Crippen LogP contribution < -0.4 is 5.43 Å². The van der Waals surface area contributed by atoms with Crippen LogP contribution in [0.2, 0.25) is 0 Å². The highest BCUT2D eigenvalue weighted by atomic mass is 15.3. The van der Waals surface area contributed by atoms with Gasteiger partial charge in [0.2, 0.25) is 0 Å². The van der Waals surface area contributed by atoms with Crippen molar-refractivity contribution < 1.29 is 0 Å². The molecule has 0 heterocycles. The van der Waals surface area contributed by atoms with E-state index in [1.54, 1.807) is 0 Å². The van der Waals surface area contributed by atoms with Crippen LogP contribution in [-0.4, -0.2) is 11.3 Å². The first-order valence-electron chi connectivity index (χ1n) is 8.44. The minimum atomic E-state index is -0.0289. The van der Waals surface area contributed by atoms with Gasteiger partial charge >= 0.3 is 0 Å². The molecule has 23 heavy (non-hydrogen) atoms. The Labute approximate surface area is 141 Å². The third kappa shape index (κ3) is 5.38. The second-order valence-electron chi connectivity index (χ2n) is 8.38. The van der Waals surface area contributed by atoms with Gasteiger partial charge in [-0.05, 0) is 43.7 Å². The number of hydrogen-bond acceptors (Lipinski definition) is 2. The maximum atomic E-state index is 4.72. The summed E-state index contributed by atoms with van der Waals surface area (Å²) in [7, 11) is 0. The SMILES string of the molecule is CC(C)(C)NN=C(CC1=CC(C(C)(C)C)=CC1)c1ccccc1. The van der Waals surface area contributed by atoms with Crippen molar-refractivity contribution in [1.82, 2.24) is 5.43 Å². The molecule has 2 nitrogen and oxygen atoms in total. The van der Waals surface area contributed by atoms with Crippen LogP contribution in [0.4, 0.5) is 0 Å². The molecule has 2 heteroatoms. The zero-order valence-electron chi connectivity index (χ0n) is 15.4. The third-order valence-corrected chi connectivity index (χ3v) is 3.84. The summed E-state index contributed by atoms with van der Waals surface area (Å²) < 4.78 is 0. The lowest BCUT2D eigenvalue weighted by atomic mass is 9.87. The topological polar surface area (TPSA) is 24.4 Å². The second kappa shape index (κ2) is 6.74. The van der Waals surface area contributed by atoms with Gasteiger partial charge in [-0.3, -0.25) is 0 Å². The first-order valence-corrected chi connectivity index (χ1v) is 8.44. The van der Waals surface area contributed by atoms with Crippen LogP contribution in [0.25, 0.3) is 0 Å². The molecule has 1 aromatic carbocycles. The Kier molecular flexibility index (Phi) is 5.13. The Morgan fingerprint density at radius 3 is 2.22 bits per heavy atom. The smallest absolute Gasteiger partial charge is 0.0715 e.